The van der Waals surface area contributed by atoms with Crippen LogP contribution in [0.1, 0.15) is 56.6 Å². The molecule has 0 radical (unpaired) electrons. The second-order valence-electron chi connectivity index (χ2n) is 10.9. The number of imidazole rings is 1. The Labute approximate surface area is 218 Å². The predicted octanol–water partition coefficient (Wildman–Crippen LogP) is 6.51. The molecule has 0 aliphatic carbocycles. The van der Waals surface area contributed by atoms with Gasteiger partial charge in [0.2, 0.25) is 0 Å². The SMILES string of the molecule is Cc1nc2ccc(-c3ccc([C@H](C)N4CC[C@](CC(C)(C)O)(c5ccccc5)OC4=O)cc3)cc2n1C. The van der Waals surface area contributed by atoms with Crippen molar-refractivity contribution in [3.05, 3.63) is 89.7 Å². The van der Waals surface area contributed by atoms with Gasteiger partial charge in [0.25, 0.3) is 0 Å². The fraction of sp³-hybridized carbons (Fsp3) is 0.355. The molecule has 2 atom stereocenters. The number of carbonyl (C=O) groups is 1. The van der Waals surface area contributed by atoms with Gasteiger partial charge < -0.3 is 19.3 Å². The molecule has 3 aromatic carbocycles. The van der Waals surface area contributed by atoms with Crippen LogP contribution in [0.15, 0.2) is 72.8 Å². The van der Waals surface area contributed by atoms with Gasteiger partial charge >= 0.3 is 6.09 Å². The summed E-state index contributed by atoms with van der Waals surface area (Å²) in [5, 5.41) is 10.6. The zero-order valence-corrected chi connectivity index (χ0v) is 22.2. The lowest BCUT2D eigenvalue weighted by Crippen LogP contribution is -2.51. The van der Waals surface area contributed by atoms with Gasteiger partial charge in [-0.15, -0.1) is 0 Å². The zero-order valence-electron chi connectivity index (χ0n) is 22.2. The van der Waals surface area contributed by atoms with Gasteiger partial charge in [-0.2, -0.15) is 0 Å². The van der Waals surface area contributed by atoms with E-state index in [-0.39, 0.29) is 12.1 Å². The third-order valence-electron chi connectivity index (χ3n) is 7.59. The van der Waals surface area contributed by atoms with Crippen molar-refractivity contribution < 1.29 is 14.6 Å². The molecule has 0 bridgehead atoms. The maximum absolute atomic E-state index is 13.3. The molecule has 2 heterocycles. The average molecular weight is 498 g/mol. The van der Waals surface area contributed by atoms with Crippen molar-refractivity contribution >= 4 is 17.1 Å². The van der Waals surface area contributed by atoms with E-state index in [9.17, 15) is 9.90 Å². The summed E-state index contributed by atoms with van der Waals surface area (Å²) >= 11 is 0. The fourth-order valence-corrected chi connectivity index (χ4v) is 5.52. The lowest BCUT2D eigenvalue weighted by Gasteiger charge is -2.45. The number of hydrogen-bond acceptors (Lipinski definition) is 4. The Morgan fingerprint density at radius 3 is 2.38 bits per heavy atom. The second-order valence-corrected chi connectivity index (χ2v) is 10.9. The van der Waals surface area contributed by atoms with Gasteiger partial charge in [0.1, 0.15) is 11.4 Å². The molecular formula is C31H35N3O3. The molecule has 4 aromatic rings. The van der Waals surface area contributed by atoms with E-state index in [4.69, 9.17) is 4.74 Å². The summed E-state index contributed by atoms with van der Waals surface area (Å²) in [5.74, 6) is 0.989. The summed E-state index contributed by atoms with van der Waals surface area (Å²) in [6, 6.07) is 24.3. The number of aromatic nitrogens is 2. The quantitative estimate of drug-likeness (QED) is 0.330. The maximum Gasteiger partial charge on any atom is 0.411 e. The summed E-state index contributed by atoms with van der Waals surface area (Å²) in [6.07, 6.45) is 0.597. The van der Waals surface area contributed by atoms with E-state index in [2.05, 4.69) is 52.0 Å². The molecule has 1 fully saturated rings. The second kappa shape index (κ2) is 9.34. The summed E-state index contributed by atoms with van der Waals surface area (Å²) in [5.41, 5.74) is 4.49. The highest BCUT2D eigenvalue weighted by Gasteiger charge is 2.46. The highest BCUT2D eigenvalue weighted by Crippen LogP contribution is 2.42. The Balaban J connectivity index is 1.35. The Kier molecular flexibility index (Phi) is 6.32. The first kappa shape index (κ1) is 25.0. The molecule has 1 N–H and O–H groups in total. The third kappa shape index (κ3) is 4.86. The maximum atomic E-state index is 13.3. The molecule has 1 saturated heterocycles. The van der Waals surface area contributed by atoms with E-state index in [1.54, 1.807) is 18.7 Å². The van der Waals surface area contributed by atoms with Crippen LogP contribution in [-0.4, -0.2) is 37.8 Å². The number of rotatable bonds is 6. The van der Waals surface area contributed by atoms with Crippen LogP contribution in [0.3, 0.4) is 0 Å². The normalized spacial score (nSPS) is 19.2. The fourth-order valence-electron chi connectivity index (χ4n) is 5.52. The number of nitrogens with zero attached hydrogens (tertiary/aromatic N) is 3. The van der Waals surface area contributed by atoms with Crippen LogP contribution in [0.5, 0.6) is 0 Å². The topological polar surface area (TPSA) is 67.6 Å². The molecule has 37 heavy (non-hydrogen) atoms. The van der Waals surface area contributed by atoms with Crippen molar-refractivity contribution in [2.45, 2.75) is 57.8 Å². The minimum atomic E-state index is -0.975. The molecule has 0 saturated carbocycles. The summed E-state index contributed by atoms with van der Waals surface area (Å²) in [6.45, 7) is 8.11. The minimum absolute atomic E-state index is 0.139. The van der Waals surface area contributed by atoms with Gasteiger partial charge in [-0.1, -0.05) is 60.7 Å². The molecule has 5 rings (SSSR count). The van der Waals surface area contributed by atoms with Gasteiger partial charge in [-0.3, -0.25) is 0 Å². The van der Waals surface area contributed by atoms with Crippen molar-refractivity contribution in [1.29, 1.82) is 0 Å². The van der Waals surface area contributed by atoms with Crippen LogP contribution >= 0.6 is 0 Å². The Bertz CT molecular complexity index is 1420. The smallest absolute Gasteiger partial charge is 0.411 e. The first-order valence-corrected chi connectivity index (χ1v) is 12.9. The Morgan fingerprint density at radius 2 is 1.73 bits per heavy atom. The van der Waals surface area contributed by atoms with E-state index in [1.807, 2.05) is 51.2 Å². The first-order valence-electron chi connectivity index (χ1n) is 12.9. The number of amides is 1. The Hall–Kier alpha value is -3.64. The molecule has 1 aliphatic heterocycles. The number of cyclic esters (lactones) is 1. The van der Waals surface area contributed by atoms with Crippen LogP contribution < -0.4 is 0 Å². The molecular weight excluding hydrogens is 462 g/mol. The van der Waals surface area contributed by atoms with E-state index < -0.39 is 11.2 Å². The lowest BCUT2D eigenvalue weighted by atomic mass is 9.80. The number of fused-ring (bicyclic) bond motifs is 1. The highest BCUT2D eigenvalue weighted by atomic mass is 16.6. The number of carbonyl (C=O) groups excluding carboxylic acids is 1. The number of aliphatic hydroxyl groups is 1. The summed E-state index contributed by atoms with van der Waals surface area (Å²) in [4.78, 5) is 19.7. The Morgan fingerprint density at radius 1 is 1.05 bits per heavy atom. The van der Waals surface area contributed by atoms with Crippen molar-refractivity contribution in [2.75, 3.05) is 6.54 Å². The van der Waals surface area contributed by atoms with Crippen molar-refractivity contribution in [3.63, 3.8) is 0 Å². The molecule has 1 aliphatic rings. The van der Waals surface area contributed by atoms with Crippen LogP contribution in [0, 0.1) is 6.92 Å². The van der Waals surface area contributed by atoms with Gasteiger partial charge in [-0.25, -0.2) is 9.78 Å². The number of aryl methyl sites for hydroxylation is 2. The van der Waals surface area contributed by atoms with Gasteiger partial charge in [0, 0.05) is 26.4 Å². The van der Waals surface area contributed by atoms with Crippen molar-refractivity contribution in [3.8, 4) is 11.1 Å². The summed E-state index contributed by atoms with van der Waals surface area (Å²) < 4.78 is 8.26. The van der Waals surface area contributed by atoms with E-state index in [0.29, 0.717) is 19.4 Å². The summed E-state index contributed by atoms with van der Waals surface area (Å²) in [7, 11) is 2.03. The highest BCUT2D eigenvalue weighted by molar-refractivity contribution is 5.82. The molecule has 0 spiro atoms. The number of ether oxygens (including phenoxy) is 1. The molecule has 1 amide bonds. The largest absolute Gasteiger partial charge is 0.438 e. The average Bonchev–Trinajstić information content (AvgIpc) is 3.16. The van der Waals surface area contributed by atoms with E-state index in [1.165, 1.54) is 0 Å². The molecule has 6 nitrogen and oxygen atoms in total. The van der Waals surface area contributed by atoms with Crippen molar-refractivity contribution in [1.82, 2.24) is 14.5 Å². The van der Waals surface area contributed by atoms with E-state index in [0.717, 1.165) is 39.1 Å². The molecule has 0 unspecified atom stereocenters. The van der Waals surface area contributed by atoms with Crippen LogP contribution in [0.4, 0.5) is 4.79 Å². The van der Waals surface area contributed by atoms with Gasteiger partial charge in [0.05, 0.1) is 22.7 Å². The number of benzene rings is 3. The third-order valence-corrected chi connectivity index (χ3v) is 7.59. The zero-order chi connectivity index (χ0) is 26.4. The number of hydrogen-bond donors (Lipinski definition) is 1. The lowest BCUT2D eigenvalue weighted by molar-refractivity contribution is -0.101. The van der Waals surface area contributed by atoms with E-state index >= 15 is 0 Å². The van der Waals surface area contributed by atoms with Crippen LogP contribution in [-0.2, 0) is 17.4 Å². The molecule has 192 valence electrons. The predicted molar refractivity (Wildman–Crippen MR) is 146 cm³/mol. The molecule has 6 heteroatoms. The minimum Gasteiger partial charge on any atom is -0.438 e. The monoisotopic (exact) mass is 497 g/mol. The molecule has 1 aromatic heterocycles. The standard InChI is InChI=1S/C31H35N3O3/c1-21(23-11-13-24(14-12-23)25-15-16-27-28(19-25)33(5)22(2)32-27)34-18-17-31(37-29(34)35,20-30(3,4)36)26-9-7-6-8-10-26/h6-16,19,21,36H,17-18,20H2,1-5H3/t21-,31-/m0/s1. The first-order chi connectivity index (χ1) is 17.6. The van der Waals surface area contributed by atoms with Crippen molar-refractivity contribution in [2.24, 2.45) is 7.05 Å². The van der Waals surface area contributed by atoms with Crippen LogP contribution in [0.2, 0.25) is 0 Å². The van der Waals surface area contributed by atoms with Gasteiger partial charge in [-0.05, 0) is 62.1 Å². The van der Waals surface area contributed by atoms with Gasteiger partial charge in [0.15, 0.2) is 0 Å². The van der Waals surface area contributed by atoms with Crippen LogP contribution in [0.25, 0.3) is 22.2 Å².